The van der Waals surface area contributed by atoms with Crippen LogP contribution in [-0.2, 0) is 6.54 Å². The number of urea groups is 1. The Labute approximate surface area is 169 Å². The smallest absolute Gasteiger partial charge is 0.315 e. The third kappa shape index (κ3) is 3.29. The number of amides is 3. The number of halogens is 2. The molecule has 1 aliphatic heterocycles. The predicted molar refractivity (Wildman–Crippen MR) is 104 cm³/mol. The monoisotopic (exact) mass is 414 g/mol. The molecule has 4 N–H and O–H groups in total. The van der Waals surface area contributed by atoms with Crippen LogP contribution in [0.4, 0.5) is 9.18 Å². The number of primary amides is 2. The van der Waals surface area contributed by atoms with Crippen LogP contribution in [0, 0.1) is 5.82 Å². The first-order valence-corrected chi connectivity index (χ1v) is 9.08. The zero-order valence-corrected chi connectivity index (χ0v) is 15.8. The Kier molecular flexibility index (Phi) is 4.67. The number of carbonyl (C=O) groups excluding carboxylic acids is 2. The normalized spacial score (nSPS) is 15.8. The SMILES string of the molecule is NC(=O)c1c(-c2cccc(F)c2)nn2c1C(c1ccc(Cl)nc1)N(C(N)=O)CC2. The van der Waals surface area contributed by atoms with E-state index in [2.05, 4.69) is 10.1 Å². The number of hydrogen-bond donors (Lipinski definition) is 2. The highest BCUT2D eigenvalue weighted by Gasteiger charge is 2.38. The molecule has 0 aliphatic carbocycles. The molecule has 148 valence electrons. The van der Waals surface area contributed by atoms with Gasteiger partial charge >= 0.3 is 6.03 Å². The van der Waals surface area contributed by atoms with Gasteiger partial charge in [0.2, 0.25) is 0 Å². The van der Waals surface area contributed by atoms with Gasteiger partial charge in [-0.2, -0.15) is 5.10 Å². The van der Waals surface area contributed by atoms with E-state index >= 15 is 0 Å². The van der Waals surface area contributed by atoms with Crippen molar-refractivity contribution in [3.05, 3.63) is 70.4 Å². The number of pyridine rings is 1. The highest BCUT2D eigenvalue weighted by atomic mass is 35.5. The van der Waals surface area contributed by atoms with Gasteiger partial charge in [0, 0.05) is 18.3 Å². The molecule has 0 radical (unpaired) electrons. The summed E-state index contributed by atoms with van der Waals surface area (Å²) in [6.07, 6.45) is 1.50. The Morgan fingerprint density at radius 1 is 1.17 bits per heavy atom. The molecule has 3 aromatic rings. The average molecular weight is 415 g/mol. The fourth-order valence-corrected chi connectivity index (χ4v) is 3.72. The first kappa shape index (κ1) is 18.9. The van der Waals surface area contributed by atoms with Crippen molar-refractivity contribution in [2.24, 2.45) is 11.5 Å². The van der Waals surface area contributed by atoms with Crippen molar-refractivity contribution in [2.75, 3.05) is 6.54 Å². The summed E-state index contributed by atoms with van der Waals surface area (Å²) in [4.78, 5) is 30.0. The third-order valence-corrected chi connectivity index (χ3v) is 5.03. The molecule has 1 atom stereocenters. The quantitative estimate of drug-likeness (QED) is 0.639. The van der Waals surface area contributed by atoms with Crippen molar-refractivity contribution in [1.29, 1.82) is 0 Å². The van der Waals surface area contributed by atoms with E-state index in [4.69, 9.17) is 23.1 Å². The maximum Gasteiger partial charge on any atom is 0.315 e. The Morgan fingerprint density at radius 2 is 1.97 bits per heavy atom. The molecule has 3 heterocycles. The maximum atomic E-state index is 13.8. The molecule has 0 fully saturated rings. The molecule has 1 aromatic carbocycles. The number of carbonyl (C=O) groups is 2. The summed E-state index contributed by atoms with van der Waals surface area (Å²) >= 11 is 5.89. The van der Waals surface area contributed by atoms with Crippen LogP contribution in [0.5, 0.6) is 0 Å². The van der Waals surface area contributed by atoms with Gasteiger partial charge in [-0.15, -0.1) is 0 Å². The van der Waals surface area contributed by atoms with Gasteiger partial charge in [0.1, 0.15) is 22.7 Å². The van der Waals surface area contributed by atoms with E-state index in [-0.39, 0.29) is 23.0 Å². The largest absolute Gasteiger partial charge is 0.365 e. The maximum absolute atomic E-state index is 13.8. The Morgan fingerprint density at radius 3 is 2.59 bits per heavy atom. The first-order valence-electron chi connectivity index (χ1n) is 8.70. The van der Waals surface area contributed by atoms with E-state index in [0.717, 1.165) is 0 Å². The lowest BCUT2D eigenvalue weighted by atomic mass is 9.95. The lowest BCUT2D eigenvalue weighted by Crippen LogP contribution is -2.46. The minimum absolute atomic E-state index is 0.0986. The van der Waals surface area contributed by atoms with Gasteiger partial charge in [-0.1, -0.05) is 29.8 Å². The highest BCUT2D eigenvalue weighted by molar-refractivity contribution is 6.29. The summed E-state index contributed by atoms with van der Waals surface area (Å²) in [5.41, 5.74) is 13.0. The molecule has 1 aliphatic rings. The molecule has 3 amide bonds. The van der Waals surface area contributed by atoms with Crippen molar-refractivity contribution in [3.63, 3.8) is 0 Å². The van der Waals surface area contributed by atoms with E-state index in [1.807, 2.05) is 0 Å². The molecule has 4 rings (SSSR count). The molecule has 0 bridgehead atoms. The predicted octanol–water partition coefficient (Wildman–Crippen LogP) is 2.32. The molecule has 2 aromatic heterocycles. The number of hydrogen-bond acceptors (Lipinski definition) is 4. The molecular formula is C19H16ClFN6O2. The van der Waals surface area contributed by atoms with E-state index < -0.39 is 23.8 Å². The number of nitrogens with two attached hydrogens (primary N) is 2. The standard InChI is InChI=1S/C19H16ClFN6O2/c20-13-5-4-11(9-24-13)16-17-14(18(22)28)15(10-2-1-3-12(21)8-10)25-27(17)7-6-26(16)19(23)29/h1-5,8-9,16H,6-7H2,(H2,22,28)(H2,23,29). The number of aromatic nitrogens is 3. The lowest BCUT2D eigenvalue weighted by molar-refractivity contribution is 0.0995. The summed E-state index contributed by atoms with van der Waals surface area (Å²) < 4.78 is 15.4. The second-order valence-electron chi connectivity index (χ2n) is 6.56. The van der Waals surface area contributed by atoms with Crippen LogP contribution in [-0.4, -0.2) is 38.1 Å². The number of benzene rings is 1. The van der Waals surface area contributed by atoms with Crippen molar-refractivity contribution >= 4 is 23.5 Å². The Balaban J connectivity index is 1.97. The zero-order chi connectivity index (χ0) is 20.7. The van der Waals surface area contributed by atoms with Crippen molar-refractivity contribution in [3.8, 4) is 11.3 Å². The molecule has 8 nitrogen and oxygen atoms in total. The number of rotatable bonds is 3. The van der Waals surface area contributed by atoms with Crippen LogP contribution in [0.15, 0.2) is 42.6 Å². The summed E-state index contributed by atoms with van der Waals surface area (Å²) in [5, 5.41) is 4.77. The highest BCUT2D eigenvalue weighted by Crippen LogP contribution is 2.38. The summed E-state index contributed by atoms with van der Waals surface area (Å²) in [5.74, 6) is -1.22. The fraction of sp³-hybridized carbons (Fsp3) is 0.158. The second kappa shape index (κ2) is 7.17. The summed E-state index contributed by atoms with van der Waals surface area (Å²) in [6, 6.07) is 7.56. The molecule has 10 heteroatoms. The van der Waals surface area contributed by atoms with Crippen LogP contribution >= 0.6 is 11.6 Å². The molecule has 29 heavy (non-hydrogen) atoms. The van der Waals surface area contributed by atoms with E-state index in [1.54, 1.807) is 22.9 Å². The minimum atomic E-state index is -0.747. The van der Waals surface area contributed by atoms with Gasteiger partial charge in [0.25, 0.3) is 5.91 Å². The van der Waals surface area contributed by atoms with Gasteiger partial charge in [-0.25, -0.2) is 14.2 Å². The molecule has 0 spiro atoms. The topological polar surface area (TPSA) is 120 Å². The van der Waals surface area contributed by atoms with Crippen molar-refractivity contribution in [2.45, 2.75) is 12.6 Å². The van der Waals surface area contributed by atoms with Crippen LogP contribution in [0.3, 0.4) is 0 Å². The Hall–Kier alpha value is -3.46. The van der Waals surface area contributed by atoms with E-state index in [1.165, 1.54) is 29.3 Å². The van der Waals surface area contributed by atoms with Gasteiger partial charge in [0.05, 0.1) is 17.8 Å². The minimum Gasteiger partial charge on any atom is -0.365 e. The fourth-order valence-electron chi connectivity index (χ4n) is 3.61. The van der Waals surface area contributed by atoms with Crippen LogP contribution in [0.25, 0.3) is 11.3 Å². The third-order valence-electron chi connectivity index (χ3n) is 4.81. The van der Waals surface area contributed by atoms with Crippen LogP contribution < -0.4 is 11.5 Å². The average Bonchev–Trinajstić information content (AvgIpc) is 3.08. The Bertz CT molecular complexity index is 1110. The van der Waals surface area contributed by atoms with Gasteiger partial charge in [-0.05, 0) is 23.8 Å². The summed E-state index contributed by atoms with van der Waals surface area (Å²) in [6.45, 7) is 0.559. The van der Waals surface area contributed by atoms with E-state index in [9.17, 15) is 14.0 Å². The van der Waals surface area contributed by atoms with Crippen molar-refractivity contribution in [1.82, 2.24) is 19.7 Å². The first-order chi connectivity index (χ1) is 13.9. The molecular weight excluding hydrogens is 399 g/mol. The molecule has 0 saturated carbocycles. The number of nitrogens with zero attached hydrogens (tertiary/aromatic N) is 4. The lowest BCUT2D eigenvalue weighted by Gasteiger charge is -2.35. The molecule has 1 unspecified atom stereocenters. The van der Waals surface area contributed by atoms with E-state index in [0.29, 0.717) is 23.4 Å². The summed E-state index contributed by atoms with van der Waals surface area (Å²) in [7, 11) is 0. The van der Waals surface area contributed by atoms with Gasteiger partial charge < -0.3 is 16.4 Å². The van der Waals surface area contributed by atoms with Crippen molar-refractivity contribution < 1.29 is 14.0 Å². The second-order valence-corrected chi connectivity index (χ2v) is 6.94. The van der Waals surface area contributed by atoms with Crippen LogP contribution in [0.2, 0.25) is 5.15 Å². The zero-order valence-electron chi connectivity index (χ0n) is 15.0. The van der Waals surface area contributed by atoms with Crippen LogP contribution in [0.1, 0.15) is 27.7 Å². The molecule has 0 saturated heterocycles. The number of fused-ring (bicyclic) bond motifs is 1. The van der Waals surface area contributed by atoms with Gasteiger partial charge in [0.15, 0.2) is 0 Å². The van der Waals surface area contributed by atoms with Gasteiger partial charge in [-0.3, -0.25) is 9.48 Å².